The molecule has 1 aromatic carbocycles. The summed E-state index contributed by atoms with van der Waals surface area (Å²) in [7, 11) is 3.87. The fourth-order valence-electron chi connectivity index (χ4n) is 5.17. The van der Waals surface area contributed by atoms with Gasteiger partial charge in [-0.15, -0.1) is 0 Å². The van der Waals surface area contributed by atoms with Crippen molar-refractivity contribution in [1.82, 2.24) is 9.80 Å². The molecule has 0 N–H and O–H groups in total. The third-order valence-electron chi connectivity index (χ3n) is 6.87. The molecule has 4 nitrogen and oxygen atoms in total. The Morgan fingerprint density at radius 2 is 1.69 bits per heavy atom. The minimum absolute atomic E-state index is 0.315. The third kappa shape index (κ3) is 3.62. The van der Waals surface area contributed by atoms with Gasteiger partial charge >= 0.3 is 0 Å². The van der Waals surface area contributed by atoms with Crippen molar-refractivity contribution in [3.8, 4) is 5.75 Å². The smallest absolute Gasteiger partial charge is 0.226 e. The number of carbonyl (C=O) groups is 1. The maximum absolute atomic E-state index is 13.5. The second-order valence-electron chi connectivity index (χ2n) is 8.49. The normalized spacial score (nSPS) is 29.1. The van der Waals surface area contributed by atoms with Crippen LogP contribution in [-0.2, 0) is 11.3 Å². The van der Waals surface area contributed by atoms with E-state index in [9.17, 15) is 4.79 Å². The van der Waals surface area contributed by atoms with Crippen molar-refractivity contribution >= 4 is 5.91 Å². The van der Waals surface area contributed by atoms with Gasteiger partial charge in [-0.05, 0) is 75.4 Å². The summed E-state index contributed by atoms with van der Waals surface area (Å²) in [5.41, 5.74) is 1.21. The summed E-state index contributed by atoms with van der Waals surface area (Å²) in [6.45, 7) is 2.93. The minimum atomic E-state index is 0.315. The van der Waals surface area contributed by atoms with Crippen LogP contribution in [0.15, 0.2) is 24.3 Å². The number of piperidine rings is 1. The lowest BCUT2D eigenvalue weighted by Gasteiger charge is -2.38. The van der Waals surface area contributed by atoms with Crippen molar-refractivity contribution in [3.05, 3.63) is 29.8 Å². The molecule has 4 heteroatoms. The molecule has 4 rings (SSSR count). The number of carbonyl (C=O) groups excluding carboxylic acids is 1. The Morgan fingerprint density at radius 3 is 2.27 bits per heavy atom. The summed E-state index contributed by atoms with van der Waals surface area (Å²) in [6, 6.07) is 8.61. The Kier molecular flexibility index (Phi) is 5.21. The van der Waals surface area contributed by atoms with Crippen LogP contribution in [0.2, 0.25) is 0 Å². The molecule has 1 amide bonds. The molecule has 2 atom stereocenters. The highest BCUT2D eigenvalue weighted by atomic mass is 16.5. The molecular weight excluding hydrogens is 324 g/mol. The van der Waals surface area contributed by atoms with E-state index in [1.165, 1.54) is 31.2 Å². The Bertz CT molecular complexity index is 610. The van der Waals surface area contributed by atoms with Crippen LogP contribution in [0.25, 0.3) is 0 Å². The molecule has 142 valence electrons. The average molecular weight is 357 g/mol. The SMILES string of the molecule is COc1ccc(CN(C(=O)C2C3CCCCC32)C2CCN(C)CC2)cc1. The van der Waals surface area contributed by atoms with E-state index in [0.29, 0.717) is 29.7 Å². The second-order valence-corrected chi connectivity index (χ2v) is 8.49. The lowest BCUT2D eigenvalue weighted by molar-refractivity contribution is -0.137. The fraction of sp³-hybridized carbons (Fsp3) is 0.682. The van der Waals surface area contributed by atoms with Gasteiger partial charge in [0.1, 0.15) is 5.75 Å². The largest absolute Gasteiger partial charge is 0.497 e. The number of hydrogen-bond donors (Lipinski definition) is 0. The molecule has 3 aliphatic rings. The predicted molar refractivity (Wildman–Crippen MR) is 103 cm³/mol. The Balaban J connectivity index is 1.50. The van der Waals surface area contributed by atoms with E-state index < -0.39 is 0 Å². The van der Waals surface area contributed by atoms with Gasteiger partial charge in [0.2, 0.25) is 5.91 Å². The van der Waals surface area contributed by atoms with Crippen molar-refractivity contribution in [1.29, 1.82) is 0 Å². The van der Waals surface area contributed by atoms with Crippen LogP contribution in [0.3, 0.4) is 0 Å². The van der Waals surface area contributed by atoms with Crippen LogP contribution in [0.5, 0.6) is 5.75 Å². The zero-order valence-corrected chi connectivity index (χ0v) is 16.2. The van der Waals surface area contributed by atoms with Gasteiger partial charge < -0.3 is 14.5 Å². The summed E-state index contributed by atoms with van der Waals surface area (Å²) >= 11 is 0. The highest BCUT2D eigenvalue weighted by molar-refractivity contribution is 5.82. The molecule has 26 heavy (non-hydrogen) atoms. The van der Waals surface area contributed by atoms with E-state index in [1.807, 2.05) is 12.1 Å². The number of amides is 1. The second kappa shape index (κ2) is 7.59. The average Bonchev–Trinajstić information content (AvgIpc) is 3.41. The number of methoxy groups -OCH3 is 1. The van der Waals surface area contributed by atoms with Gasteiger partial charge in [-0.3, -0.25) is 4.79 Å². The Labute approximate surface area is 157 Å². The summed E-state index contributed by atoms with van der Waals surface area (Å²) in [5, 5.41) is 0. The number of nitrogens with zero attached hydrogens (tertiary/aromatic N) is 2. The van der Waals surface area contributed by atoms with E-state index in [4.69, 9.17) is 4.74 Å². The molecule has 2 saturated carbocycles. The highest BCUT2D eigenvalue weighted by Crippen LogP contribution is 2.56. The van der Waals surface area contributed by atoms with E-state index in [2.05, 4.69) is 29.0 Å². The topological polar surface area (TPSA) is 32.8 Å². The van der Waals surface area contributed by atoms with Crippen LogP contribution in [0, 0.1) is 17.8 Å². The standard InChI is InChI=1S/C22H32N2O2/c1-23-13-11-17(12-14-23)24(15-16-7-9-18(26-2)10-8-16)22(25)21-19-5-3-4-6-20(19)21/h7-10,17,19-21H,3-6,11-15H2,1-2H3. The van der Waals surface area contributed by atoms with Crippen molar-refractivity contribution in [2.45, 2.75) is 51.1 Å². The van der Waals surface area contributed by atoms with Crippen LogP contribution < -0.4 is 4.74 Å². The molecule has 1 aromatic rings. The Morgan fingerprint density at radius 1 is 1.08 bits per heavy atom. The lowest BCUT2D eigenvalue weighted by atomic mass is 10.0. The minimum Gasteiger partial charge on any atom is -0.497 e. The third-order valence-corrected chi connectivity index (χ3v) is 6.87. The molecule has 2 unspecified atom stereocenters. The van der Waals surface area contributed by atoms with Crippen LogP contribution >= 0.6 is 0 Å². The van der Waals surface area contributed by atoms with Crippen molar-refractivity contribution < 1.29 is 9.53 Å². The summed E-state index contributed by atoms with van der Waals surface area (Å²) in [4.78, 5) is 18.1. The van der Waals surface area contributed by atoms with Crippen LogP contribution in [-0.4, -0.2) is 49.0 Å². The van der Waals surface area contributed by atoms with E-state index in [0.717, 1.165) is 38.2 Å². The molecule has 0 spiro atoms. The zero-order valence-electron chi connectivity index (χ0n) is 16.2. The van der Waals surface area contributed by atoms with Crippen molar-refractivity contribution in [3.63, 3.8) is 0 Å². The number of ether oxygens (including phenoxy) is 1. The monoisotopic (exact) mass is 356 g/mol. The first-order valence-corrected chi connectivity index (χ1v) is 10.3. The van der Waals surface area contributed by atoms with Crippen molar-refractivity contribution in [2.24, 2.45) is 17.8 Å². The maximum Gasteiger partial charge on any atom is 0.226 e. The molecular formula is C22H32N2O2. The highest BCUT2D eigenvalue weighted by Gasteiger charge is 2.56. The quantitative estimate of drug-likeness (QED) is 0.809. The maximum atomic E-state index is 13.5. The number of likely N-dealkylation sites (tertiary alicyclic amines) is 1. The Hall–Kier alpha value is -1.55. The van der Waals surface area contributed by atoms with Crippen molar-refractivity contribution in [2.75, 3.05) is 27.2 Å². The van der Waals surface area contributed by atoms with E-state index in [-0.39, 0.29) is 0 Å². The van der Waals surface area contributed by atoms with Crippen LogP contribution in [0.4, 0.5) is 0 Å². The van der Waals surface area contributed by atoms with Gasteiger partial charge in [-0.1, -0.05) is 25.0 Å². The molecule has 3 fully saturated rings. The summed E-state index contributed by atoms with van der Waals surface area (Å²) in [6.07, 6.45) is 7.37. The molecule has 1 heterocycles. The van der Waals surface area contributed by atoms with Gasteiger partial charge in [0.25, 0.3) is 0 Å². The fourth-order valence-corrected chi connectivity index (χ4v) is 5.17. The molecule has 0 bridgehead atoms. The number of rotatable bonds is 5. The van der Waals surface area contributed by atoms with Gasteiger partial charge in [0, 0.05) is 18.5 Å². The van der Waals surface area contributed by atoms with Gasteiger partial charge in [-0.25, -0.2) is 0 Å². The zero-order chi connectivity index (χ0) is 18.1. The molecule has 2 aliphatic carbocycles. The number of fused-ring (bicyclic) bond motifs is 1. The first-order valence-electron chi connectivity index (χ1n) is 10.3. The molecule has 0 aromatic heterocycles. The predicted octanol–water partition coefficient (Wildman–Crippen LogP) is 3.55. The molecule has 1 aliphatic heterocycles. The summed E-state index contributed by atoms with van der Waals surface area (Å²) < 4.78 is 5.28. The first-order chi connectivity index (χ1) is 12.7. The number of benzene rings is 1. The van der Waals surface area contributed by atoms with Crippen LogP contribution in [0.1, 0.15) is 44.1 Å². The molecule has 1 saturated heterocycles. The van der Waals surface area contributed by atoms with Gasteiger partial charge in [0.15, 0.2) is 0 Å². The van der Waals surface area contributed by atoms with E-state index in [1.54, 1.807) is 7.11 Å². The van der Waals surface area contributed by atoms with Gasteiger partial charge in [-0.2, -0.15) is 0 Å². The first kappa shape index (κ1) is 17.8. The van der Waals surface area contributed by atoms with Gasteiger partial charge in [0.05, 0.1) is 7.11 Å². The van der Waals surface area contributed by atoms with E-state index >= 15 is 0 Å². The number of hydrogen-bond acceptors (Lipinski definition) is 3. The molecule has 0 radical (unpaired) electrons. The lowest BCUT2D eigenvalue weighted by Crippen LogP contribution is -2.47. The summed E-state index contributed by atoms with van der Waals surface area (Å²) in [5.74, 6) is 2.99.